The minimum Gasteiger partial charge on any atom is -0.550 e. The summed E-state index contributed by atoms with van der Waals surface area (Å²) in [5.41, 5.74) is 7.31. The number of carbonyl (C=O) groups excluding carboxylic acids is 14. The van der Waals surface area contributed by atoms with E-state index in [0.29, 0.717) is 71.2 Å². The zero-order valence-electron chi connectivity index (χ0n) is 58.2. The molecule has 3 heterocycles. The van der Waals surface area contributed by atoms with Crippen LogP contribution in [-0.2, 0) is 89.4 Å². The molecule has 1 aliphatic rings. The standard InChI is InChI=1S/C31H41N5O8.C26H39N3O7.C6H2N2O3.C2H4O2.C2H6.CO2.Na/c1-21(37)35-25(17-22-9-4-3-5-10-22)28(39)18-23(19-29(40)41)30(42)36-24(27(38)12-8-16-44-2)11-6-7-13-34-31(43)26-20-32-14-15-33-26;1-18(30)28-22(15-19-9-4-3-5-10-19)24(32)16-20(17-25(33)34)26(35)29-21(11-6-7-13-27)23(31)12-8-14-36-2;9-5-3-4(6(10)11-5)8-2-1-7-3;1-2(3)4;1-2;2-1-3;/h3-5,9-10,14-15,20,23-25H,6-8,11-13,16-19H2,1-2H3,(H,34,43)(H,35,37)(H,36,42)(H,40,41);3-5,9-10,20-22H,6-8,11-17,27H2,1-2H3,(H,28,30)(H,29,35)(H,33,34);1-2H;1H3,(H,3,4);1-2H3;;/q;;;;;;+1/p-1/t23-,24-,25+;20-,21-,22+;;;;;/m00...../s1. The van der Waals surface area contributed by atoms with Gasteiger partial charge in [0, 0.05) is 104 Å². The Balaban J connectivity index is 0. The van der Waals surface area contributed by atoms with Gasteiger partial charge in [0.05, 0.1) is 55.0 Å². The van der Waals surface area contributed by atoms with Crippen molar-refractivity contribution in [1.29, 1.82) is 0 Å². The molecule has 0 saturated heterocycles. The molecule has 6 atom stereocenters. The third-order valence-corrected chi connectivity index (χ3v) is 13.7. The normalized spacial score (nSPS) is 12.3. The summed E-state index contributed by atoms with van der Waals surface area (Å²) in [6.07, 6.45) is 9.60. The third kappa shape index (κ3) is 42.9. The molecule has 0 radical (unpaired) electrons. The van der Waals surface area contributed by atoms with Gasteiger partial charge in [-0.05, 0) is 88.8 Å². The molecule has 1 aliphatic heterocycles. The molecule has 0 saturated carbocycles. The number of benzene rings is 2. The van der Waals surface area contributed by atoms with E-state index in [-0.39, 0.29) is 109 Å². The number of carbonyl (C=O) groups is 14. The monoisotopic (exact) mass is 1420 g/mol. The predicted molar refractivity (Wildman–Crippen MR) is 352 cm³/mol. The first kappa shape index (κ1) is 93.5. The van der Waals surface area contributed by atoms with Crippen LogP contribution in [0.4, 0.5) is 0 Å². The second kappa shape index (κ2) is 56.2. The average Bonchev–Trinajstić information content (AvgIpc) is 1.70. The maximum atomic E-state index is 13.3. The van der Waals surface area contributed by atoms with Crippen LogP contribution >= 0.6 is 0 Å². The number of unbranched alkanes of at least 4 members (excludes halogenated alkanes) is 2. The maximum absolute atomic E-state index is 13.3. The molecule has 4 aromatic rings. The number of aromatic nitrogens is 4. The van der Waals surface area contributed by atoms with E-state index >= 15 is 0 Å². The Bertz CT molecular complexity index is 3240. The number of carboxylic acids is 3. The fourth-order valence-electron chi connectivity index (χ4n) is 9.22. The Labute approximate surface area is 607 Å². The van der Waals surface area contributed by atoms with E-state index in [4.69, 9.17) is 34.7 Å². The van der Waals surface area contributed by atoms with Crippen molar-refractivity contribution < 1.29 is 136 Å². The van der Waals surface area contributed by atoms with Crippen LogP contribution in [0.5, 0.6) is 0 Å². The number of nitrogens with zero attached hydrogens (tertiary/aromatic N) is 4. The number of esters is 2. The van der Waals surface area contributed by atoms with E-state index in [1.54, 1.807) is 36.4 Å². The fourth-order valence-corrected chi connectivity index (χ4v) is 9.22. The number of fused-ring (bicyclic) bond motifs is 1. The number of rotatable bonds is 40. The smallest absolute Gasteiger partial charge is 0.550 e. The molecule has 32 nitrogen and oxygen atoms in total. The summed E-state index contributed by atoms with van der Waals surface area (Å²) in [7, 11) is 3.04. The van der Waals surface area contributed by atoms with Crippen LogP contribution in [0.15, 0.2) is 91.6 Å². The number of nitrogens with one attached hydrogen (secondary N) is 5. The van der Waals surface area contributed by atoms with Gasteiger partial charge < -0.3 is 66.6 Å². The molecule has 33 heteroatoms. The van der Waals surface area contributed by atoms with E-state index < -0.39 is 120 Å². The van der Waals surface area contributed by atoms with Crippen molar-refractivity contribution >= 4 is 88.7 Å². The van der Waals surface area contributed by atoms with Crippen molar-refractivity contribution in [1.82, 2.24) is 46.5 Å². The molecule has 546 valence electrons. The summed E-state index contributed by atoms with van der Waals surface area (Å²) in [5.74, 6) is -11.5. The van der Waals surface area contributed by atoms with E-state index in [2.05, 4.69) is 51.3 Å². The summed E-state index contributed by atoms with van der Waals surface area (Å²) >= 11 is 0. The summed E-state index contributed by atoms with van der Waals surface area (Å²) in [4.78, 5) is 199. The molecule has 2 aromatic carbocycles. The number of aliphatic carboxylic acids is 3. The van der Waals surface area contributed by atoms with Crippen molar-refractivity contribution in [3.8, 4) is 0 Å². The second-order valence-electron chi connectivity index (χ2n) is 21.7. The van der Waals surface area contributed by atoms with Gasteiger partial charge in [-0.1, -0.05) is 74.5 Å². The summed E-state index contributed by atoms with van der Waals surface area (Å²) in [5, 5.41) is 41.0. The summed E-state index contributed by atoms with van der Waals surface area (Å²) < 4.78 is 14.2. The van der Waals surface area contributed by atoms with E-state index in [9.17, 15) is 72.5 Å². The molecule has 0 unspecified atom stereocenters. The van der Waals surface area contributed by atoms with Gasteiger partial charge in [-0.2, -0.15) is 9.59 Å². The van der Waals surface area contributed by atoms with Crippen molar-refractivity contribution in [3.05, 3.63) is 120 Å². The van der Waals surface area contributed by atoms with Crippen molar-refractivity contribution in [3.63, 3.8) is 0 Å². The van der Waals surface area contributed by atoms with Crippen LogP contribution in [0.3, 0.4) is 0 Å². The Morgan fingerprint density at radius 1 is 0.554 bits per heavy atom. The molecule has 5 rings (SSSR count). The minimum atomic E-state index is -1.28. The zero-order chi connectivity index (χ0) is 75.4. The number of methoxy groups -OCH3 is 2. The quantitative estimate of drug-likeness (QED) is 0.0115. The van der Waals surface area contributed by atoms with Gasteiger partial charge in [0.2, 0.25) is 23.6 Å². The van der Waals surface area contributed by atoms with Crippen LogP contribution in [0, 0.1) is 11.8 Å². The van der Waals surface area contributed by atoms with Gasteiger partial charge in [0.1, 0.15) is 5.69 Å². The maximum Gasteiger partial charge on any atom is 1.00 e. The Hall–Kier alpha value is -9.56. The van der Waals surface area contributed by atoms with Crippen molar-refractivity contribution in [2.45, 2.75) is 162 Å². The van der Waals surface area contributed by atoms with Gasteiger partial charge in [0.25, 0.3) is 5.91 Å². The van der Waals surface area contributed by atoms with Crippen molar-refractivity contribution in [2.24, 2.45) is 17.6 Å². The number of cyclic esters (lactones) is 2. The van der Waals surface area contributed by atoms with Gasteiger partial charge in [-0.15, -0.1) is 0 Å². The van der Waals surface area contributed by atoms with E-state index in [0.717, 1.165) is 18.1 Å². The predicted octanol–water partition coefficient (Wildman–Crippen LogP) is -0.962. The van der Waals surface area contributed by atoms with Crippen molar-refractivity contribution in [2.75, 3.05) is 40.5 Å². The number of carboxylic acid groups (broad SMARTS) is 3. The molecule has 0 bridgehead atoms. The number of nitrogens with two attached hydrogens (primary N) is 1. The van der Waals surface area contributed by atoms with E-state index in [1.807, 2.05) is 38.1 Å². The first-order valence-corrected chi connectivity index (χ1v) is 32.0. The average molecular weight is 1420 g/mol. The molecule has 0 aliphatic carbocycles. The molecule has 5 amide bonds. The second-order valence-corrected chi connectivity index (χ2v) is 21.7. The zero-order valence-corrected chi connectivity index (χ0v) is 60.2. The number of hydrogen-bond donors (Lipinski definition) is 8. The number of hydrogen-bond acceptors (Lipinski definition) is 25. The van der Waals surface area contributed by atoms with Gasteiger partial charge in [-0.3, -0.25) is 57.7 Å². The Morgan fingerprint density at radius 2 is 0.941 bits per heavy atom. The molecule has 0 fully saturated rings. The number of ketones is 4. The Kier molecular flexibility index (Phi) is 52.0. The van der Waals surface area contributed by atoms with E-state index in [1.165, 1.54) is 59.1 Å². The SMILES string of the molecule is CC.CC(=O)[O-].COCCCC(=O)[C@H](CCCCN)NC(=O)[C@H](CC(=O)O)CC(=O)[C@@H](Cc1ccccc1)NC(C)=O.COCCCC(=O)[C@H](CCCCNC(=O)c1cnccn1)NC(=O)[C@H](CC(=O)O)CC(=O)[C@@H](Cc1ccccc1)NC(C)=O.O=C1OC(=O)c2nccnc21.O=C=O.[Na+]. The van der Waals surface area contributed by atoms with Crippen LogP contribution in [0.2, 0.25) is 0 Å². The van der Waals surface area contributed by atoms with Gasteiger partial charge >= 0.3 is 59.6 Å². The molecule has 0 spiro atoms. The number of Topliss-reactive ketones (excluding diaryl/α,β-unsaturated/α-hetero) is 4. The molecule has 101 heavy (non-hydrogen) atoms. The summed E-state index contributed by atoms with van der Waals surface area (Å²) in [6.45, 7) is 9.03. The largest absolute Gasteiger partial charge is 1.00 e. The minimum absolute atomic E-state index is 0. The van der Waals surface area contributed by atoms with Crippen LogP contribution in [0.25, 0.3) is 0 Å². The van der Waals surface area contributed by atoms with Crippen LogP contribution < -0.4 is 67.0 Å². The molecule has 9 N–H and O–H groups in total. The number of amides is 5. The Morgan fingerprint density at radius 3 is 1.29 bits per heavy atom. The number of ether oxygens (including phenoxy) is 3. The third-order valence-electron chi connectivity index (χ3n) is 13.7. The topological polar surface area (TPSA) is 502 Å². The summed E-state index contributed by atoms with van der Waals surface area (Å²) in [6, 6.07) is 14.5. The first-order chi connectivity index (χ1) is 47.7. The molecular formula is C68H91N10NaO22. The molecule has 2 aromatic heterocycles. The van der Waals surface area contributed by atoms with Crippen LogP contribution in [-0.4, -0.2) is 184 Å². The fraction of sp³-hybridized carbons (Fsp3) is 0.485. The van der Waals surface area contributed by atoms with Crippen LogP contribution in [0.1, 0.15) is 167 Å². The first-order valence-electron chi connectivity index (χ1n) is 32.0. The van der Waals surface area contributed by atoms with Gasteiger partial charge in [0.15, 0.2) is 34.5 Å². The molecular weight excluding hydrogens is 1330 g/mol. The van der Waals surface area contributed by atoms with Gasteiger partial charge in [-0.25, -0.2) is 24.5 Å².